The van der Waals surface area contributed by atoms with Gasteiger partial charge in [0.15, 0.2) is 11.5 Å². The molecule has 0 bridgehead atoms. The Labute approximate surface area is 215 Å². The van der Waals surface area contributed by atoms with Gasteiger partial charge in [-0.25, -0.2) is 14.6 Å². The molecule has 0 aliphatic carbocycles. The van der Waals surface area contributed by atoms with Gasteiger partial charge >= 0.3 is 6.18 Å². The molecule has 192 valence electrons. The van der Waals surface area contributed by atoms with E-state index in [1.165, 1.54) is 49.1 Å². The molecule has 11 heteroatoms. The minimum absolute atomic E-state index is 0.0719. The van der Waals surface area contributed by atoms with Gasteiger partial charge in [-0.3, -0.25) is 9.78 Å². The number of pyridine rings is 3. The fourth-order valence-electron chi connectivity index (χ4n) is 3.22. The summed E-state index contributed by atoms with van der Waals surface area (Å²) < 4.78 is 47.2. The standard InChI is InChI=1S/C27H21F3N6O2/c1-3-4-5-7-18(2)38-25-12-9-20(16-33-25)26(37)34-21-10-11-24(32-17-21)36-23(27(28,29)30)14-22(35-36)19-8-6-13-31-15-19/h3-17H,2H2,1H3,(H,34,37)/b4-3-,7-5-. The maximum atomic E-state index is 13.7. The van der Waals surface area contributed by atoms with E-state index in [4.69, 9.17) is 4.74 Å². The summed E-state index contributed by atoms with van der Waals surface area (Å²) in [5.41, 5.74) is 0.0508. The molecule has 0 fully saturated rings. The molecule has 0 aromatic carbocycles. The Balaban J connectivity index is 1.47. The first-order valence-corrected chi connectivity index (χ1v) is 11.2. The lowest BCUT2D eigenvalue weighted by Gasteiger charge is -2.10. The number of rotatable bonds is 8. The average Bonchev–Trinajstić information content (AvgIpc) is 3.37. The Hall–Kier alpha value is -5.06. The molecule has 4 heterocycles. The zero-order valence-electron chi connectivity index (χ0n) is 20.1. The fraction of sp³-hybridized carbons (Fsp3) is 0.0741. The third-order valence-electron chi connectivity index (χ3n) is 5.00. The monoisotopic (exact) mass is 518 g/mol. The number of hydrogen-bond acceptors (Lipinski definition) is 6. The van der Waals surface area contributed by atoms with Gasteiger partial charge in [0.2, 0.25) is 5.88 Å². The van der Waals surface area contributed by atoms with Crippen LogP contribution < -0.4 is 10.1 Å². The van der Waals surface area contributed by atoms with Crippen molar-refractivity contribution in [1.82, 2.24) is 24.7 Å². The Morgan fingerprint density at radius 3 is 2.55 bits per heavy atom. The maximum absolute atomic E-state index is 13.7. The van der Waals surface area contributed by atoms with Crippen LogP contribution in [0, 0.1) is 0 Å². The van der Waals surface area contributed by atoms with Gasteiger partial charge in [0, 0.05) is 30.2 Å². The van der Waals surface area contributed by atoms with Crippen LogP contribution in [-0.4, -0.2) is 30.6 Å². The summed E-state index contributed by atoms with van der Waals surface area (Å²) in [5, 5.41) is 6.71. The van der Waals surface area contributed by atoms with Crippen molar-refractivity contribution < 1.29 is 22.7 Å². The number of nitrogens with one attached hydrogen (secondary N) is 1. The van der Waals surface area contributed by atoms with Crippen LogP contribution in [0.25, 0.3) is 17.1 Å². The van der Waals surface area contributed by atoms with Crippen molar-refractivity contribution in [2.45, 2.75) is 13.1 Å². The van der Waals surface area contributed by atoms with E-state index in [2.05, 4.69) is 31.9 Å². The average molecular weight is 518 g/mol. The van der Waals surface area contributed by atoms with E-state index in [0.717, 1.165) is 6.07 Å². The molecule has 0 atom stereocenters. The SMILES string of the molecule is C=C(/C=C\C=C/C)Oc1ccc(C(=O)Nc2ccc(-n3nc(-c4cccnc4)cc3C(F)(F)F)nc2)cn1. The molecule has 4 aromatic rings. The third-order valence-corrected chi connectivity index (χ3v) is 5.00. The molecular weight excluding hydrogens is 497 g/mol. The van der Waals surface area contributed by atoms with Gasteiger partial charge < -0.3 is 10.1 Å². The Morgan fingerprint density at radius 1 is 1.08 bits per heavy atom. The molecule has 38 heavy (non-hydrogen) atoms. The molecule has 0 unspecified atom stereocenters. The van der Waals surface area contributed by atoms with Crippen LogP contribution in [0.2, 0.25) is 0 Å². The summed E-state index contributed by atoms with van der Waals surface area (Å²) in [7, 11) is 0. The Morgan fingerprint density at radius 2 is 1.92 bits per heavy atom. The Kier molecular flexibility index (Phi) is 7.76. The number of anilines is 1. The molecule has 0 radical (unpaired) electrons. The number of amides is 1. The number of nitrogens with zero attached hydrogens (tertiary/aromatic N) is 5. The smallest absolute Gasteiger partial charge is 0.433 e. The van der Waals surface area contributed by atoms with E-state index in [1.54, 1.807) is 24.3 Å². The van der Waals surface area contributed by atoms with Gasteiger partial charge in [-0.05, 0) is 49.4 Å². The number of ether oxygens (including phenoxy) is 1. The summed E-state index contributed by atoms with van der Waals surface area (Å²) in [4.78, 5) is 24.7. The van der Waals surface area contributed by atoms with Gasteiger partial charge in [-0.1, -0.05) is 24.8 Å². The maximum Gasteiger partial charge on any atom is 0.433 e. The Bertz CT molecular complexity index is 1480. The highest BCUT2D eigenvalue weighted by Gasteiger charge is 2.36. The minimum Gasteiger partial charge on any atom is -0.440 e. The van der Waals surface area contributed by atoms with E-state index < -0.39 is 17.8 Å². The first-order chi connectivity index (χ1) is 18.2. The van der Waals surface area contributed by atoms with Crippen molar-refractivity contribution in [3.05, 3.63) is 115 Å². The van der Waals surface area contributed by atoms with Crippen molar-refractivity contribution in [1.29, 1.82) is 0 Å². The van der Waals surface area contributed by atoms with Crippen molar-refractivity contribution >= 4 is 11.6 Å². The molecule has 4 aromatic heterocycles. The predicted molar refractivity (Wildman–Crippen MR) is 136 cm³/mol. The minimum atomic E-state index is -4.67. The van der Waals surface area contributed by atoms with Crippen LogP contribution >= 0.6 is 0 Å². The zero-order chi connectivity index (χ0) is 27.1. The molecule has 0 spiro atoms. The van der Waals surface area contributed by atoms with Crippen molar-refractivity contribution in [3.63, 3.8) is 0 Å². The normalized spacial score (nSPS) is 11.7. The van der Waals surface area contributed by atoms with Gasteiger partial charge in [0.25, 0.3) is 5.91 Å². The van der Waals surface area contributed by atoms with E-state index in [1.807, 2.05) is 19.1 Å². The molecule has 0 saturated carbocycles. The molecule has 0 aliphatic heterocycles. The first kappa shape index (κ1) is 26.0. The lowest BCUT2D eigenvalue weighted by molar-refractivity contribution is -0.142. The number of aromatic nitrogens is 5. The highest BCUT2D eigenvalue weighted by Crippen LogP contribution is 2.33. The third kappa shape index (κ3) is 6.38. The second-order valence-corrected chi connectivity index (χ2v) is 7.76. The molecule has 0 aliphatic rings. The van der Waals surface area contributed by atoms with Gasteiger partial charge in [-0.15, -0.1) is 0 Å². The highest BCUT2D eigenvalue weighted by molar-refractivity contribution is 6.04. The molecule has 8 nitrogen and oxygen atoms in total. The second-order valence-electron chi connectivity index (χ2n) is 7.76. The molecule has 1 amide bonds. The summed E-state index contributed by atoms with van der Waals surface area (Å²) in [6.45, 7) is 5.64. The van der Waals surface area contributed by atoms with E-state index in [-0.39, 0.29) is 28.6 Å². The van der Waals surface area contributed by atoms with E-state index in [9.17, 15) is 18.0 Å². The topological polar surface area (TPSA) is 94.8 Å². The van der Waals surface area contributed by atoms with Crippen molar-refractivity contribution in [2.75, 3.05) is 5.32 Å². The predicted octanol–water partition coefficient (Wildman–Crippen LogP) is 6.02. The number of alkyl halides is 3. The fourth-order valence-corrected chi connectivity index (χ4v) is 3.22. The van der Waals surface area contributed by atoms with Crippen LogP contribution in [0.5, 0.6) is 5.88 Å². The number of carbonyl (C=O) groups excluding carboxylic acids is 1. The highest BCUT2D eigenvalue weighted by atomic mass is 19.4. The molecular formula is C27H21F3N6O2. The summed E-state index contributed by atoms with van der Waals surface area (Å²) in [6, 6.07) is 9.93. The van der Waals surface area contributed by atoms with Gasteiger partial charge in [-0.2, -0.15) is 18.3 Å². The second kappa shape index (κ2) is 11.3. The molecule has 1 N–H and O–H groups in total. The molecule has 4 rings (SSSR count). The van der Waals surface area contributed by atoms with Crippen LogP contribution in [0.3, 0.4) is 0 Å². The van der Waals surface area contributed by atoms with Crippen LogP contribution in [0.15, 0.2) is 104 Å². The largest absolute Gasteiger partial charge is 0.440 e. The van der Waals surface area contributed by atoms with Gasteiger partial charge in [0.05, 0.1) is 23.1 Å². The zero-order valence-corrected chi connectivity index (χ0v) is 20.1. The number of carbonyl (C=O) groups is 1. The molecule has 0 saturated heterocycles. The summed E-state index contributed by atoms with van der Waals surface area (Å²) in [5.74, 6) is 0.0714. The number of hydrogen-bond donors (Lipinski definition) is 1. The summed E-state index contributed by atoms with van der Waals surface area (Å²) in [6.07, 6.45) is 7.94. The van der Waals surface area contributed by atoms with E-state index >= 15 is 0 Å². The number of allylic oxidation sites excluding steroid dienone is 4. The number of halogens is 3. The van der Waals surface area contributed by atoms with Crippen molar-refractivity contribution in [3.8, 4) is 23.0 Å². The summed E-state index contributed by atoms with van der Waals surface area (Å²) >= 11 is 0. The quantitative estimate of drug-likeness (QED) is 0.226. The lowest BCUT2D eigenvalue weighted by Crippen LogP contribution is -2.15. The van der Waals surface area contributed by atoms with Crippen molar-refractivity contribution in [2.24, 2.45) is 0 Å². The van der Waals surface area contributed by atoms with E-state index in [0.29, 0.717) is 16.0 Å². The van der Waals surface area contributed by atoms with Crippen LogP contribution in [0.4, 0.5) is 18.9 Å². The van der Waals surface area contributed by atoms with Gasteiger partial charge in [0.1, 0.15) is 5.76 Å². The van der Waals surface area contributed by atoms with Crippen LogP contribution in [-0.2, 0) is 6.18 Å². The first-order valence-electron chi connectivity index (χ1n) is 11.2. The lowest BCUT2D eigenvalue weighted by atomic mass is 10.2. The van der Waals surface area contributed by atoms with Crippen LogP contribution in [0.1, 0.15) is 23.0 Å².